The number of aryl methyl sites for hydroxylation is 1. The SMILES string of the molecule is Cc1ccc(Nc2ccc(N3CCN(C(=O)C(c4ccccc4)c4ccccc4)CC3)nn2)nc1. The average Bonchev–Trinajstić information content (AvgIpc) is 2.92. The second kappa shape index (κ2) is 10.3. The second-order valence-electron chi connectivity index (χ2n) is 8.69. The Morgan fingerprint density at radius 1 is 0.771 bits per heavy atom. The van der Waals surface area contributed by atoms with E-state index in [2.05, 4.69) is 25.4 Å². The van der Waals surface area contributed by atoms with Gasteiger partial charge < -0.3 is 15.1 Å². The van der Waals surface area contributed by atoms with Gasteiger partial charge in [-0.15, -0.1) is 10.2 Å². The lowest BCUT2D eigenvalue weighted by molar-refractivity contribution is -0.132. The first-order chi connectivity index (χ1) is 17.2. The van der Waals surface area contributed by atoms with Crippen LogP contribution in [0.15, 0.2) is 91.1 Å². The number of carbonyl (C=O) groups excluding carboxylic acids is 1. The van der Waals surface area contributed by atoms with E-state index in [4.69, 9.17) is 0 Å². The number of nitrogens with one attached hydrogen (secondary N) is 1. The van der Waals surface area contributed by atoms with E-state index in [1.54, 1.807) is 0 Å². The highest BCUT2D eigenvalue weighted by atomic mass is 16.2. The van der Waals surface area contributed by atoms with Crippen LogP contribution < -0.4 is 10.2 Å². The molecule has 7 heteroatoms. The Balaban J connectivity index is 1.24. The van der Waals surface area contributed by atoms with E-state index in [1.165, 1.54) is 0 Å². The van der Waals surface area contributed by atoms with Gasteiger partial charge in [-0.3, -0.25) is 4.79 Å². The van der Waals surface area contributed by atoms with Gasteiger partial charge in [-0.25, -0.2) is 4.98 Å². The summed E-state index contributed by atoms with van der Waals surface area (Å²) >= 11 is 0. The van der Waals surface area contributed by atoms with E-state index in [-0.39, 0.29) is 11.8 Å². The standard InChI is InChI=1S/C28H28N6O/c1-21-12-13-24(29-20-21)30-25-14-15-26(32-31-25)33-16-18-34(19-17-33)28(35)27(22-8-4-2-5-9-22)23-10-6-3-7-11-23/h2-15,20,27H,16-19H2,1H3,(H,29,30,31). The van der Waals surface area contributed by atoms with Crippen molar-refractivity contribution in [2.45, 2.75) is 12.8 Å². The van der Waals surface area contributed by atoms with Crippen LogP contribution >= 0.6 is 0 Å². The molecular weight excluding hydrogens is 436 g/mol. The van der Waals surface area contributed by atoms with Gasteiger partial charge >= 0.3 is 0 Å². The van der Waals surface area contributed by atoms with E-state index in [0.29, 0.717) is 32.0 Å². The Morgan fingerprint density at radius 2 is 1.40 bits per heavy atom. The third kappa shape index (κ3) is 5.30. The van der Waals surface area contributed by atoms with Crippen molar-refractivity contribution in [3.63, 3.8) is 0 Å². The lowest BCUT2D eigenvalue weighted by atomic mass is 9.90. The summed E-state index contributed by atoms with van der Waals surface area (Å²) in [6.45, 7) is 4.71. The van der Waals surface area contributed by atoms with E-state index in [9.17, 15) is 4.79 Å². The summed E-state index contributed by atoms with van der Waals surface area (Å²) in [5.74, 6) is 2.02. The molecule has 176 valence electrons. The zero-order valence-electron chi connectivity index (χ0n) is 19.7. The van der Waals surface area contributed by atoms with Crippen molar-refractivity contribution in [2.24, 2.45) is 0 Å². The molecule has 0 saturated carbocycles. The molecule has 1 aliphatic rings. The predicted molar refractivity (Wildman–Crippen MR) is 138 cm³/mol. The maximum Gasteiger partial charge on any atom is 0.234 e. The van der Waals surface area contributed by atoms with E-state index >= 15 is 0 Å². The van der Waals surface area contributed by atoms with Crippen LogP contribution in [-0.2, 0) is 4.79 Å². The summed E-state index contributed by atoms with van der Waals surface area (Å²) in [6, 6.07) is 27.8. The van der Waals surface area contributed by atoms with Crippen LogP contribution in [0.2, 0.25) is 0 Å². The Hall–Kier alpha value is -4.26. The Labute approximate surface area is 205 Å². The highest BCUT2D eigenvalue weighted by Crippen LogP contribution is 2.28. The number of anilines is 3. The molecule has 0 bridgehead atoms. The normalized spacial score (nSPS) is 13.7. The molecule has 0 unspecified atom stereocenters. The largest absolute Gasteiger partial charge is 0.352 e. The van der Waals surface area contributed by atoms with Crippen LogP contribution in [0.1, 0.15) is 22.6 Å². The predicted octanol–water partition coefficient (Wildman–Crippen LogP) is 4.40. The van der Waals surface area contributed by atoms with Gasteiger partial charge in [0.15, 0.2) is 11.6 Å². The fourth-order valence-electron chi connectivity index (χ4n) is 4.34. The van der Waals surface area contributed by atoms with E-state index in [0.717, 1.165) is 28.3 Å². The molecule has 1 amide bonds. The fraction of sp³-hybridized carbons (Fsp3) is 0.214. The lowest BCUT2D eigenvalue weighted by Crippen LogP contribution is -2.50. The van der Waals surface area contributed by atoms with Crippen molar-refractivity contribution < 1.29 is 4.79 Å². The monoisotopic (exact) mass is 464 g/mol. The number of pyridine rings is 1. The van der Waals surface area contributed by atoms with Gasteiger partial charge in [0.1, 0.15) is 5.82 Å². The number of aromatic nitrogens is 3. The molecule has 4 aromatic rings. The highest BCUT2D eigenvalue weighted by Gasteiger charge is 2.30. The average molecular weight is 465 g/mol. The summed E-state index contributed by atoms with van der Waals surface area (Å²) in [4.78, 5) is 22.1. The Morgan fingerprint density at radius 3 is 1.94 bits per heavy atom. The van der Waals surface area contributed by atoms with Crippen molar-refractivity contribution >= 4 is 23.4 Å². The van der Waals surface area contributed by atoms with Crippen LogP contribution in [0.4, 0.5) is 17.5 Å². The number of rotatable bonds is 6. The van der Waals surface area contributed by atoms with Gasteiger partial charge in [-0.05, 0) is 41.8 Å². The van der Waals surface area contributed by atoms with E-state index < -0.39 is 0 Å². The van der Waals surface area contributed by atoms with Crippen molar-refractivity contribution in [3.8, 4) is 0 Å². The van der Waals surface area contributed by atoms with Gasteiger partial charge in [0, 0.05) is 32.4 Å². The highest BCUT2D eigenvalue weighted by molar-refractivity contribution is 5.87. The topological polar surface area (TPSA) is 74.2 Å². The number of carbonyl (C=O) groups is 1. The summed E-state index contributed by atoms with van der Waals surface area (Å²) in [5, 5.41) is 11.9. The van der Waals surface area contributed by atoms with Crippen molar-refractivity contribution in [1.82, 2.24) is 20.1 Å². The molecule has 35 heavy (non-hydrogen) atoms. The first-order valence-electron chi connectivity index (χ1n) is 11.8. The fourth-order valence-corrected chi connectivity index (χ4v) is 4.34. The molecule has 2 aromatic carbocycles. The molecule has 5 rings (SSSR count). The van der Waals surface area contributed by atoms with Crippen LogP contribution in [0.25, 0.3) is 0 Å². The molecule has 3 heterocycles. The number of hydrogen-bond donors (Lipinski definition) is 1. The van der Waals surface area contributed by atoms with Crippen LogP contribution in [0, 0.1) is 6.92 Å². The minimum Gasteiger partial charge on any atom is -0.352 e. The molecule has 0 radical (unpaired) electrons. The van der Waals surface area contributed by atoms with Crippen molar-refractivity contribution in [3.05, 3.63) is 108 Å². The minimum absolute atomic E-state index is 0.137. The molecular formula is C28H28N6O. The quantitative estimate of drug-likeness (QED) is 0.456. The third-order valence-electron chi connectivity index (χ3n) is 6.25. The molecule has 1 saturated heterocycles. The van der Waals surface area contributed by atoms with Crippen LogP contribution in [0.3, 0.4) is 0 Å². The molecule has 1 N–H and O–H groups in total. The molecule has 0 aliphatic carbocycles. The van der Waals surface area contributed by atoms with E-state index in [1.807, 2.05) is 103 Å². The smallest absolute Gasteiger partial charge is 0.234 e. The lowest BCUT2D eigenvalue weighted by Gasteiger charge is -2.37. The first kappa shape index (κ1) is 22.5. The number of hydrogen-bond acceptors (Lipinski definition) is 6. The number of benzene rings is 2. The van der Waals surface area contributed by atoms with Gasteiger partial charge in [-0.2, -0.15) is 0 Å². The second-order valence-corrected chi connectivity index (χ2v) is 8.69. The van der Waals surface area contributed by atoms with Crippen LogP contribution in [-0.4, -0.2) is 52.2 Å². The summed E-state index contributed by atoms with van der Waals surface area (Å²) in [6.07, 6.45) is 1.81. The molecule has 7 nitrogen and oxygen atoms in total. The summed E-state index contributed by atoms with van der Waals surface area (Å²) in [7, 11) is 0. The Kier molecular flexibility index (Phi) is 6.66. The minimum atomic E-state index is -0.301. The van der Waals surface area contributed by atoms with Gasteiger partial charge in [0.2, 0.25) is 5.91 Å². The zero-order valence-corrected chi connectivity index (χ0v) is 19.7. The summed E-state index contributed by atoms with van der Waals surface area (Å²) in [5.41, 5.74) is 3.14. The van der Waals surface area contributed by atoms with Crippen molar-refractivity contribution in [1.29, 1.82) is 0 Å². The molecule has 1 aliphatic heterocycles. The molecule has 2 aromatic heterocycles. The zero-order chi connectivity index (χ0) is 24.0. The molecule has 0 atom stereocenters. The molecule has 0 spiro atoms. The number of piperazine rings is 1. The third-order valence-corrected chi connectivity index (χ3v) is 6.25. The Bertz CT molecular complexity index is 1200. The molecule has 1 fully saturated rings. The first-order valence-corrected chi connectivity index (χ1v) is 11.8. The van der Waals surface area contributed by atoms with Crippen LogP contribution in [0.5, 0.6) is 0 Å². The van der Waals surface area contributed by atoms with Gasteiger partial charge in [-0.1, -0.05) is 66.7 Å². The van der Waals surface area contributed by atoms with Crippen molar-refractivity contribution in [2.75, 3.05) is 36.4 Å². The number of amides is 1. The summed E-state index contributed by atoms with van der Waals surface area (Å²) < 4.78 is 0. The number of nitrogens with zero attached hydrogens (tertiary/aromatic N) is 5. The van der Waals surface area contributed by atoms with Gasteiger partial charge in [0.25, 0.3) is 0 Å². The van der Waals surface area contributed by atoms with Gasteiger partial charge in [0.05, 0.1) is 5.92 Å². The maximum atomic E-state index is 13.6. The maximum absolute atomic E-state index is 13.6.